The average molecular weight is 355 g/mol. The minimum absolute atomic E-state index is 0.0796. The first-order chi connectivity index (χ1) is 12.3. The molecule has 26 heavy (non-hydrogen) atoms. The number of amides is 1. The zero-order valence-electron chi connectivity index (χ0n) is 13.9. The molecule has 0 aliphatic heterocycles. The predicted octanol–water partition coefficient (Wildman–Crippen LogP) is 3.15. The molecule has 0 unspecified atom stereocenters. The average Bonchev–Trinajstić information content (AvgIpc) is 2.59. The standard InChI is InChI=1S/C18H14FN3O4/c1-10-14(4-3-5-15(10)22(25)26)20-18(24)13-9-21(2)16-7-6-11(19)8-12(16)17(13)23/h3-9H,1-2H3,(H,20,24). The fraction of sp³-hybridized carbons (Fsp3) is 0.111. The number of anilines is 1. The zero-order chi connectivity index (χ0) is 19.0. The molecule has 0 saturated carbocycles. The predicted molar refractivity (Wildman–Crippen MR) is 94.9 cm³/mol. The molecule has 0 radical (unpaired) electrons. The van der Waals surface area contributed by atoms with E-state index in [2.05, 4.69) is 5.32 Å². The van der Waals surface area contributed by atoms with Crippen molar-refractivity contribution in [3.8, 4) is 0 Å². The van der Waals surface area contributed by atoms with E-state index in [4.69, 9.17) is 0 Å². The van der Waals surface area contributed by atoms with Crippen LogP contribution in [0.4, 0.5) is 15.8 Å². The van der Waals surface area contributed by atoms with Crippen molar-refractivity contribution in [1.82, 2.24) is 4.57 Å². The lowest BCUT2D eigenvalue weighted by Gasteiger charge is -2.11. The Bertz CT molecular complexity index is 1120. The fourth-order valence-corrected chi connectivity index (χ4v) is 2.77. The molecule has 3 aromatic rings. The summed E-state index contributed by atoms with van der Waals surface area (Å²) in [7, 11) is 1.63. The van der Waals surface area contributed by atoms with E-state index in [0.29, 0.717) is 5.52 Å². The molecule has 0 aliphatic carbocycles. The molecule has 0 atom stereocenters. The van der Waals surface area contributed by atoms with Gasteiger partial charge in [-0.2, -0.15) is 0 Å². The quantitative estimate of drug-likeness (QED) is 0.577. The summed E-state index contributed by atoms with van der Waals surface area (Å²) in [5.41, 5.74) is 0.0468. The van der Waals surface area contributed by atoms with Gasteiger partial charge in [-0.05, 0) is 31.2 Å². The van der Waals surface area contributed by atoms with Gasteiger partial charge in [0, 0.05) is 24.7 Å². The molecule has 3 rings (SSSR count). The van der Waals surface area contributed by atoms with Crippen molar-refractivity contribution >= 4 is 28.2 Å². The minimum Gasteiger partial charge on any atom is -0.350 e. The van der Waals surface area contributed by atoms with Crippen molar-refractivity contribution in [2.45, 2.75) is 6.92 Å². The maximum atomic E-state index is 13.5. The SMILES string of the molecule is Cc1c(NC(=O)c2cn(C)c3ccc(F)cc3c2=O)cccc1[N+](=O)[O-]. The third kappa shape index (κ3) is 2.92. The van der Waals surface area contributed by atoms with Crippen LogP contribution >= 0.6 is 0 Å². The molecule has 0 spiro atoms. The van der Waals surface area contributed by atoms with Crippen molar-refractivity contribution in [1.29, 1.82) is 0 Å². The molecule has 7 nitrogen and oxygen atoms in total. The summed E-state index contributed by atoms with van der Waals surface area (Å²) >= 11 is 0. The first-order valence-corrected chi connectivity index (χ1v) is 7.64. The Morgan fingerprint density at radius 2 is 2.00 bits per heavy atom. The van der Waals surface area contributed by atoms with Crippen molar-refractivity contribution in [2.75, 3.05) is 5.32 Å². The molecule has 0 saturated heterocycles. The Kier molecular flexibility index (Phi) is 4.25. The second-order valence-corrected chi connectivity index (χ2v) is 5.81. The first-order valence-electron chi connectivity index (χ1n) is 7.64. The summed E-state index contributed by atoms with van der Waals surface area (Å²) in [5, 5.41) is 13.6. The number of aryl methyl sites for hydroxylation is 1. The molecule has 132 valence electrons. The number of pyridine rings is 1. The molecule has 2 aromatic carbocycles. The van der Waals surface area contributed by atoms with E-state index >= 15 is 0 Å². The van der Waals surface area contributed by atoms with E-state index in [0.717, 1.165) is 6.07 Å². The normalized spacial score (nSPS) is 10.7. The second kappa shape index (κ2) is 6.40. The fourth-order valence-electron chi connectivity index (χ4n) is 2.77. The molecular weight excluding hydrogens is 341 g/mol. The van der Waals surface area contributed by atoms with Crippen molar-refractivity contribution in [2.24, 2.45) is 7.05 Å². The van der Waals surface area contributed by atoms with Gasteiger partial charge in [0.2, 0.25) is 5.43 Å². The number of nitrogens with one attached hydrogen (secondary N) is 1. The molecular formula is C18H14FN3O4. The molecule has 1 N–H and O–H groups in total. The highest BCUT2D eigenvalue weighted by molar-refractivity contribution is 6.06. The van der Waals surface area contributed by atoms with Crippen LogP contribution in [-0.2, 0) is 7.05 Å². The highest BCUT2D eigenvalue weighted by Gasteiger charge is 2.18. The van der Waals surface area contributed by atoms with Gasteiger partial charge in [-0.1, -0.05) is 6.07 Å². The third-order valence-electron chi connectivity index (χ3n) is 4.15. The molecule has 1 amide bonds. The number of halogens is 1. The van der Waals surface area contributed by atoms with Gasteiger partial charge in [-0.3, -0.25) is 19.7 Å². The van der Waals surface area contributed by atoms with Gasteiger partial charge < -0.3 is 9.88 Å². The number of carbonyl (C=O) groups is 1. The highest BCUT2D eigenvalue weighted by atomic mass is 19.1. The van der Waals surface area contributed by atoms with E-state index < -0.39 is 22.1 Å². The van der Waals surface area contributed by atoms with E-state index in [9.17, 15) is 24.1 Å². The van der Waals surface area contributed by atoms with Gasteiger partial charge in [-0.15, -0.1) is 0 Å². The van der Waals surface area contributed by atoms with Gasteiger partial charge in [0.05, 0.1) is 21.7 Å². The van der Waals surface area contributed by atoms with Crippen LogP contribution in [-0.4, -0.2) is 15.4 Å². The monoisotopic (exact) mass is 355 g/mol. The Labute approximate surface area is 146 Å². The Morgan fingerprint density at radius 1 is 1.27 bits per heavy atom. The van der Waals surface area contributed by atoms with Gasteiger partial charge in [-0.25, -0.2) is 4.39 Å². The molecule has 8 heteroatoms. The number of nitrogens with zero attached hydrogens (tertiary/aromatic N) is 2. The number of benzene rings is 2. The number of rotatable bonds is 3. The summed E-state index contributed by atoms with van der Waals surface area (Å²) in [6.45, 7) is 1.50. The van der Waals surface area contributed by atoms with Crippen LogP contribution < -0.4 is 10.7 Å². The van der Waals surface area contributed by atoms with E-state index in [1.54, 1.807) is 11.6 Å². The third-order valence-corrected chi connectivity index (χ3v) is 4.15. The molecule has 0 aliphatic rings. The lowest BCUT2D eigenvalue weighted by Crippen LogP contribution is -2.24. The maximum Gasteiger partial charge on any atom is 0.274 e. The molecule has 0 fully saturated rings. The van der Waals surface area contributed by atoms with Crippen molar-refractivity contribution in [3.63, 3.8) is 0 Å². The lowest BCUT2D eigenvalue weighted by molar-refractivity contribution is -0.385. The number of nitro benzene ring substituents is 1. The first kappa shape index (κ1) is 17.3. The van der Waals surface area contributed by atoms with Gasteiger partial charge >= 0.3 is 0 Å². The van der Waals surface area contributed by atoms with E-state index in [-0.39, 0.29) is 27.9 Å². The zero-order valence-corrected chi connectivity index (χ0v) is 13.9. The Balaban J connectivity index is 2.07. The number of aromatic nitrogens is 1. The van der Waals surface area contributed by atoms with Crippen molar-refractivity contribution < 1.29 is 14.1 Å². The van der Waals surface area contributed by atoms with Crippen LogP contribution in [0.5, 0.6) is 0 Å². The minimum atomic E-state index is -0.722. The summed E-state index contributed by atoms with van der Waals surface area (Å²) in [6.07, 6.45) is 1.35. The van der Waals surface area contributed by atoms with Crippen LogP contribution in [0.1, 0.15) is 15.9 Å². The van der Waals surface area contributed by atoms with Crippen LogP contribution in [0.25, 0.3) is 10.9 Å². The summed E-state index contributed by atoms with van der Waals surface area (Å²) in [5.74, 6) is -1.30. The largest absolute Gasteiger partial charge is 0.350 e. The van der Waals surface area contributed by atoms with Crippen LogP contribution in [0, 0.1) is 22.9 Å². The Hall–Kier alpha value is -3.55. The van der Waals surface area contributed by atoms with Crippen LogP contribution in [0.2, 0.25) is 0 Å². The molecule has 1 aromatic heterocycles. The van der Waals surface area contributed by atoms with Crippen LogP contribution in [0.15, 0.2) is 47.4 Å². The highest BCUT2D eigenvalue weighted by Crippen LogP contribution is 2.25. The molecule has 0 bridgehead atoms. The number of fused-ring (bicyclic) bond motifs is 1. The number of hydrogen-bond donors (Lipinski definition) is 1. The Morgan fingerprint density at radius 3 is 2.69 bits per heavy atom. The molecule has 1 heterocycles. The van der Waals surface area contributed by atoms with Crippen LogP contribution in [0.3, 0.4) is 0 Å². The van der Waals surface area contributed by atoms with Gasteiger partial charge in [0.25, 0.3) is 11.6 Å². The van der Waals surface area contributed by atoms with Gasteiger partial charge in [0.15, 0.2) is 0 Å². The summed E-state index contributed by atoms with van der Waals surface area (Å²) < 4.78 is 15.0. The maximum absolute atomic E-state index is 13.5. The number of carbonyl (C=O) groups excluding carboxylic acids is 1. The van der Waals surface area contributed by atoms with Crippen molar-refractivity contribution in [3.05, 3.63) is 79.9 Å². The topological polar surface area (TPSA) is 94.2 Å². The van der Waals surface area contributed by atoms with E-state index in [1.165, 1.54) is 43.5 Å². The van der Waals surface area contributed by atoms with Gasteiger partial charge in [0.1, 0.15) is 11.4 Å². The lowest BCUT2D eigenvalue weighted by atomic mass is 10.1. The number of nitro groups is 1. The second-order valence-electron chi connectivity index (χ2n) is 5.81. The summed E-state index contributed by atoms with van der Waals surface area (Å²) in [6, 6.07) is 8.03. The van der Waals surface area contributed by atoms with E-state index in [1.807, 2.05) is 0 Å². The summed E-state index contributed by atoms with van der Waals surface area (Å²) in [4.78, 5) is 35.6. The number of hydrogen-bond acceptors (Lipinski definition) is 4. The smallest absolute Gasteiger partial charge is 0.274 e.